The summed E-state index contributed by atoms with van der Waals surface area (Å²) in [6.07, 6.45) is 19.0. The molecule has 0 amide bonds. The van der Waals surface area contributed by atoms with Gasteiger partial charge < -0.3 is 4.79 Å². The van der Waals surface area contributed by atoms with Gasteiger partial charge in [0.2, 0.25) is 0 Å². The van der Waals surface area contributed by atoms with E-state index in [1.54, 1.807) is 5.57 Å². The summed E-state index contributed by atoms with van der Waals surface area (Å²) in [6, 6.07) is 0. The minimum atomic E-state index is 0.322. The Kier molecular flexibility index (Phi) is 6.15. The zero-order valence-electron chi connectivity index (χ0n) is 18.0. The summed E-state index contributed by atoms with van der Waals surface area (Å²) in [5.41, 5.74) is 1.68. The van der Waals surface area contributed by atoms with Crippen LogP contribution in [0.5, 0.6) is 0 Å². The van der Waals surface area contributed by atoms with Crippen LogP contribution in [0.15, 0.2) is 11.6 Å². The first-order chi connectivity index (χ1) is 13.1. The summed E-state index contributed by atoms with van der Waals surface area (Å²) in [6.45, 7) is 7.30. The molecule has 152 valence electrons. The second-order valence-electron chi connectivity index (χ2n) is 11.1. The van der Waals surface area contributed by atoms with Crippen LogP contribution in [0.3, 0.4) is 0 Å². The lowest BCUT2D eigenvalue weighted by Crippen LogP contribution is -2.41. The minimum absolute atomic E-state index is 0.322. The molecule has 0 aromatic carbocycles. The lowest BCUT2D eigenvalue weighted by molar-refractivity contribution is -0.111. The van der Waals surface area contributed by atoms with E-state index in [0.29, 0.717) is 5.92 Å². The average molecular weight is 371 g/mol. The van der Waals surface area contributed by atoms with Crippen molar-refractivity contribution in [2.45, 2.75) is 91.4 Å². The topological polar surface area (TPSA) is 17.1 Å². The Balaban J connectivity index is 1.39. The number of fused-ring (bicyclic) bond motifs is 5. The van der Waals surface area contributed by atoms with E-state index in [0.717, 1.165) is 60.2 Å². The molecule has 1 nitrogen and oxygen atoms in total. The van der Waals surface area contributed by atoms with Gasteiger partial charge >= 0.3 is 0 Å². The SMILES string of the molecule is CC(C)CCCC(C)C1CCC2C1CCC1C3CCC(C=O)CC3=CCC12. The van der Waals surface area contributed by atoms with Gasteiger partial charge in [0.15, 0.2) is 0 Å². The summed E-state index contributed by atoms with van der Waals surface area (Å²) < 4.78 is 0. The van der Waals surface area contributed by atoms with Gasteiger partial charge in [-0.2, -0.15) is 0 Å². The Morgan fingerprint density at radius 1 is 0.926 bits per heavy atom. The van der Waals surface area contributed by atoms with E-state index >= 15 is 0 Å². The average Bonchev–Trinajstić information content (AvgIpc) is 3.11. The fourth-order valence-electron chi connectivity index (χ4n) is 7.89. The molecule has 3 fully saturated rings. The van der Waals surface area contributed by atoms with Crippen molar-refractivity contribution in [2.75, 3.05) is 0 Å². The molecule has 8 atom stereocenters. The van der Waals surface area contributed by atoms with E-state index in [-0.39, 0.29) is 0 Å². The molecule has 4 aliphatic carbocycles. The third kappa shape index (κ3) is 3.95. The third-order valence-electron chi connectivity index (χ3n) is 9.22. The van der Waals surface area contributed by atoms with Crippen LogP contribution >= 0.6 is 0 Å². The van der Waals surface area contributed by atoms with E-state index in [4.69, 9.17) is 0 Å². The Morgan fingerprint density at radius 2 is 1.70 bits per heavy atom. The van der Waals surface area contributed by atoms with Gasteiger partial charge in [-0.3, -0.25) is 0 Å². The van der Waals surface area contributed by atoms with Crippen LogP contribution in [0.4, 0.5) is 0 Å². The van der Waals surface area contributed by atoms with Gasteiger partial charge in [-0.05, 0) is 98.7 Å². The molecule has 0 N–H and O–H groups in total. The number of hydrogen-bond donors (Lipinski definition) is 0. The zero-order valence-corrected chi connectivity index (χ0v) is 18.0. The minimum Gasteiger partial charge on any atom is -0.303 e. The molecule has 0 heterocycles. The van der Waals surface area contributed by atoms with Crippen LogP contribution < -0.4 is 0 Å². The monoisotopic (exact) mass is 370 g/mol. The van der Waals surface area contributed by atoms with Gasteiger partial charge in [0.05, 0.1) is 0 Å². The predicted octanol–water partition coefficient (Wildman–Crippen LogP) is 7.06. The number of aldehydes is 1. The summed E-state index contributed by atoms with van der Waals surface area (Å²) in [4.78, 5) is 11.3. The van der Waals surface area contributed by atoms with Crippen molar-refractivity contribution in [1.29, 1.82) is 0 Å². The molecule has 27 heavy (non-hydrogen) atoms. The van der Waals surface area contributed by atoms with Crippen LogP contribution in [-0.4, -0.2) is 6.29 Å². The highest BCUT2D eigenvalue weighted by atomic mass is 16.1. The molecule has 0 bridgehead atoms. The standard InChI is InChI=1S/C26H42O/c1-17(2)5-4-6-18(3)21-11-12-26-23(21)13-14-24-22-9-7-19(16-27)15-20(22)8-10-25(24)26/h8,16-19,21-26H,4-7,9-15H2,1-3H3. The van der Waals surface area contributed by atoms with Gasteiger partial charge in [-0.15, -0.1) is 0 Å². The molecule has 0 radical (unpaired) electrons. The predicted molar refractivity (Wildman–Crippen MR) is 113 cm³/mol. The quantitative estimate of drug-likeness (QED) is 0.361. The van der Waals surface area contributed by atoms with Crippen molar-refractivity contribution >= 4 is 6.29 Å². The molecule has 4 aliphatic rings. The van der Waals surface area contributed by atoms with E-state index in [1.165, 1.54) is 64.1 Å². The highest BCUT2D eigenvalue weighted by molar-refractivity contribution is 5.55. The largest absolute Gasteiger partial charge is 0.303 e. The molecule has 0 spiro atoms. The summed E-state index contributed by atoms with van der Waals surface area (Å²) in [5.74, 6) is 7.94. The molecular formula is C26H42O. The Bertz CT molecular complexity index is 546. The lowest BCUT2D eigenvalue weighted by Gasteiger charge is -2.50. The maximum Gasteiger partial charge on any atom is 0.123 e. The van der Waals surface area contributed by atoms with Crippen LogP contribution in [-0.2, 0) is 4.79 Å². The fourth-order valence-corrected chi connectivity index (χ4v) is 7.89. The molecule has 0 aromatic rings. The highest BCUT2D eigenvalue weighted by Gasteiger charge is 2.50. The van der Waals surface area contributed by atoms with Gasteiger partial charge in [-0.25, -0.2) is 0 Å². The number of allylic oxidation sites excluding steroid dienone is 2. The molecule has 0 aliphatic heterocycles. The van der Waals surface area contributed by atoms with Gasteiger partial charge in [-0.1, -0.05) is 51.7 Å². The smallest absolute Gasteiger partial charge is 0.123 e. The summed E-state index contributed by atoms with van der Waals surface area (Å²) in [7, 11) is 0. The van der Waals surface area contributed by atoms with E-state index in [2.05, 4.69) is 26.8 Å². The van der Waals surface area contributed by atoms with Crippen molar-refractivity contribution in [3.63, 3.8) is 0 Å². The van der Waals surface area contributed by atoms with Crippen LogP contribution in [0.25, 0.3) is 0 Å². The van der Waals surface area contributed by atoms with Gasteiger partial charge in [0.1, 0.15) is 6.29 Å². The number of carbonyl (C=O) groups is 1. The van der Waals surface area contributed by atoms with Crippen LogP contribution in [0.1, 0.15) is 91.4 Å². The number of hydrogen-bond acceptors (Lipinski definition) is 1. The molecule has 0 aromatic heterocycles. The van der Waals surface area contributed by atoms with Gasteiger partial charge in [0, 0.05) is 5.92 Å². The first-order valence-electron chi connectivity index (χ1n) is 12.2. The maximum absolute atomic E-state index is 11.3. The number of rotatable bonds is 6. The Labute approximate surface area is 167 Å². The molecule has 3 saturated carbocycles. The van der Waals surface area contributed by atoms with Crippen molar-refractivity contribution < 1.29 is 4.79 Å². The maximum atomic E-state index is 11.3. The molecule has 8 unspecified atom stereocenters. The fraction of sp³-hybridized carbons (Fsp3) is 0.885. The van der Waals surface area contributed by atoms with E-state index < -0.39 is 0 Å². The summed E-state index contributed by atoms with van der Waals surface area (Å²) in [5, 5.41) is 0. The zero-order chi connectivity index (χ0) is 19.0. The van der Waals surface area contributed by atoms with Crippen LogP contribution in [0.2, 0.25) is 0 Å². The number of carbonyl (C=O) groups excluding carboxylic acids is 1. The molecular weight excluding hydrogens is 328 g/mol. The normalized spacial score (nSPS) is 42.1. The van der Waals surface area contributed by atoms with Crippen molar-refractivity contribution in [3.8, 4) is 0 Å². The lowest BCUT2D eigenvalue weighted by atomic mass is 9.55. The second-order valence-corrected chi connectivity index (χ2v) is 11.1. The van der Waals surface area contributed by atoms with E-state index in [1.807, 2.05) is 0 Å². The Morgan fingerprint density at radius 3 is 2.48 bits per heavy atom. The molecule has 1 heteroatoms. The third-order valence-corrected chi connectivity index (χ3v) is 9.22. The first-order valence-corrected chi connectivity index (χ1v) is 12.2. The van der Waals surface area contributed by atoms with Crippen molar-refractivity contribution in [3.05, 3.63) is 11.6 Å². The second kappa shape index (κ2) is 8.42. The van der Waals surface area contributed by atoms with Crippen LogP contribution in [0, 0.1) is 53.3 Å². The molecule has 0 saturated heterocycles. The summed E-state index contributed by atoms with van der Waals surface area (Å²) >= 11 is 0. The van der Waals surface area contributed by atoms with E-state index in [9.17, 15) is 4.79 Å². The first kappa shape index (κ1) is 19.7. The Hall–Kier alpha value is -0.590. The van der Waals surface area contributed by atoms with Crippen molar-refractivity contribution in [1.82, 2.24) is 0 Å². The molecule has 4 rings (SSSR count). The van der Waals surface area contributed by atoms with Gasteiger partial charge in [0.25, 0.3) is 0 Å². The highest BCUT2D eigenvalue weighted by Crippen LogP contribution is 2.59. The van der Waals surface area contributed by atoms with Crippen molar-refractivity contribution in [2.24, 2.45) is 53.3 Å².